The number of benzene rings is 1. The first kappa shape index (κ1) is 20.7. The Balaban J connectivity index is 1.37. The second-order valence-electron chi connectivity index (χ2n) is 8.21. The molecule has 168 valence electrons. The summed E-state index contributed by atoms with van der Waals surface area (Å²) in [7, 11) is 3.44. The van der Waals surface area contributed by atoms with E-state index in [2.05, 4.69) is 15.4 Å². The highest BCUT2D eigenvalue weighted by molar-refractivity contribution is 6.06. The quantitative estimate of drug-likeness (QED) is 0.500. The van der Waals surface area contributed by atoms with Gasteiger partial charge >= 0.3 is 0 Å². The van der Waals surface area contributed by atoms with Crippen LogP contribution in [0.1, 0.15) is 37.8 Å². The number of rotatable bonds is 4. The number of hydrogen-bond acceptors (Lipinski definition) is 4. The van der Waals surface area contributed by atoms with Crippen molar-refractivity contribution in [1.29, 1.82) is 0 Å². The van der Waals surface area contributed by atoms with Crippen LogP contribution in [0.25, 0.3) is 10.9 Å². The van der Waals surface area contributed by atoms with E-state index in [9.17, 15) is 14.4 Å². The Bertz CT molecular complexity index is 1440. The number of carbonyl (C=O) groups is 2. The van der Waals surface area contributed by atoms with Crippen molar-refractivity contribution in [2.75, 3.05) is 6.54 Å². The average Bonchev–Trinajstić information content (AvgIpc) is 3.43. The van der Waals surface area contributed by atoms with Gasteiger partial charge < -0.3 is 19.8 Å². The van der Waals surface area contributed by atoms with Gasteiger partial charge in [-0.05, 0) is 24.3 Å². The highest BCUT2D eigenvalue weighted by atomic mass is 16.2. The van der Waals surface area contributed by atoms with Crippen LogP contribution in [0.3, 0.4) is 0 Å². The molecule has 0 spiro atoms. The van der Waals surface area contributed by atoms with Crippen molar-refractivity contribution in [3.63, 3.8) is 0 Å². The molecule has 1 aliphatic rings. The zero-order chi connectivity index (χ0) is 23.1. The molecular formula is C24H24N6O3. The molecule has 1 aliphatic heterocycles. The number of nitrogens with one attached hydrogen (secondary N) is 2. The third-order valence-corrected chi connectivity index (χ3v) is 6.27. The third kappa shape index (κ3) is 3.61. The van der Waals surface area contributed by atoms with E-state index in [0.717, 1.165) is 27.9 Å². The Morgan fingerprint density at radius 1 is 1.12 bits per heavy atom. The summed E-state index contributed by atoms with van der Waals surface area (Å²) in [5.74, 6) is -0.374. The van der Waals surface area contributed by atoms with Crippen molar-refractivity contribution in [2.24, 2.45) is 14.1 Å². The van der Waals surface area contributed by atoms with Crippen molar-refractivity contribution in [2.45, 2.75) is 19.5 Å². The lowest BCUT2D eigenvalue weighted by molar-refractivity contribution is 0.0734. The maximum atomic E-state index is 13.3. The molecule has 0 saturated carbocycles. The Labute approximate surface area is 189 Å². The van der Waals surface area contributed by atoms with Crippen LogP contribution < -0.4 is 10.9 Å². The molecule has 2 N–H and O–H groups in total. The Hall–Kier alpha value is -4.14. The number of aromatic nitrogens is 4. The highest BCUT2D eigenvalue weighted by Crippen LogP contribution is 2.26. The molecule has 4 aromatic rings. The molecule has 0 radical (unpaired) electrons. The molecule has 4 heterocycles. The van der Waals surface area contributed by atoms with Gasteiger partial charge in [0, 0.05) is 73.6 Å². The van der Waals surface area contributed by atoms with Gasteiger partial charge in [-0.25, -0.2) is 0 Å². The van der Waals surface area contributed by atoms with E-state index in [4.69, 9.17) is 0 Å². The van der Waals surface area contributed by atoms with Gasteiger partial charge in [-0.15, -0.1) is 0 Å². The molecule has 3 aromatic heterocycles. The van der Waals surface area contributed by atoms with Crippen LogP contribution in [0.15, 0.2) is 53.5 Å². The second kappa shape index (κ2) is 8.09. The Morgan fingerprint density at radius 3 is 2.79 bits per heavy atom. The Morgan fingerprint density at radius 2 is 1.94 bits per heavy atom. The minimum absolute atomic E-state index is 0.0241. The molecular weight excluding hydrogens is 420 g/mol. The number of hydrogen-bond donors (Lipinski definition) is 2. The smallest absolute Gasteiger partial charge is 0.268 e. The van der Waals surface area contributed by atoms with Crippen LogP contribution in [0.4, 0.5) is 0 Å². The van der Waals surface area contributed by atoms with Crippen LogP contribution in [0, 0.1) is 0 Å². The molecule has 0 aliphatic carbocycles. The molecule has 9 nitrogen and oxygen atoms in total. The van der Waals surface area contributed by atoms with Crippen LogP contribution in [0.2, 0.25) is 0 Å². The number of aryl methyl sites for hydroxylation is 1. The van der Waals surface area contributed by atoms with Gasteiger partial charge in [0.1, 0.15) is 5.69 Å². The first-order valence-corrected chi connectivity index (χ1v) is 10.8. The molecule has 0 bridgehead atoms. The molecule has 9 heteroatoms. The zero-order valence-electron chi connectivity index (χ0n) is 18.5. The summed E-state index contributed by atoms with van der Waals surface area (Å²) >= 11 is 0. The van der Waals surface area contributed by atoms with Gasteiger partial charge in [-0.3, -0.25) is 19.1 Å². The summed E-state index contributed by atoms with van der Waals surface area (Å²) in [4.78, 5) is 42.8. The summed E-state index contributed by atoms with van der Waals surface area (Å²) < 4.78 is 3.13. The van der Waals surface area contributed by atoms with Crippen molar-refractivity contribution >= 4 is 22.7 Å². The van der Waals surface area contributed by atoms with Crippen molar-refractivity contribution < 1.29 is 9.59 Å². The standard InChI is InChI=1S/C24H24N6O3/c1-28-21(7-4-8-22(28)31)23(32)26-13-19-17-14-30(12-10-20(17)29(2)27-19)24(33)16-5-3-6-18-15(16)9-11-25-18/h3-9,11,25H,10,12-14H2,1-2H3,(H,26,32). The number of fused-ring (bicyclic) bond motifs is 2. The normalized spacial score (nSPS) is 13.2. The van der Waals surface area contributed by atoms with Crippen LogP contribution >= 0.6 is 0 Å². The van der Waals surface area contributed by atoms with Crippen molar-refractivity contribution in [3.8, 4) is 0 Å². The average molecular weight is 444 g/mol. The van der Waals surface area contributed by atoms with Gasteiger partial charge in [-0.2, -0.15) is 5.10 Å². The van der Waals surface area contributed by atoms with Gasteiger partial charge in [0.05, 0.1) is 12.2 Å². The first-order valence-electron chi connectivity index (χ1n) is 10.8. The maximum Gasteiger partial charge on any atom is 0.268 e. The fraction of sp³-hybridized carbons (Fsp3) is 0.250. The molecule has 1 aromatic carbocycles. The lowest BCUT2D eigenvalue weighted by Crippen LogP contribution is -2.37. The van der Waals surface area contributed by atoms with E-state index in [0.29, 0.717) is 25.1 Å². The fourth-order valence-corrected chi connectivity index (χ4v) is 4.47. The largest absolute Gasteiger partial charge is 0.361 e. The van der Waals surface area contributed by atoms with E-state index in [1.807, 2.05) is 47.1 Å². The summed E-state index contributed by atoms with van der Waals surface area (Å²) in [5.41, 5.74) is 4.38. The molecule has 0 fully saturated rings. The SMILES string of the molecule is Cn1nc(CNC(=O)c2cccc(=O)n2C)c2c1CCN(C(=O)c1cccc3[nH]ccc13)C2. The first-order chi connectivity index (χ1) is 15.9. The monoisotopic (exact) mass is 444 g/mol. The highest BCUT2D eigenvalue weighted by Gasteiger charge is 2.28. The fourth-order valence-electron chi connectivity index (χ4n) is 4.47. The zero-order valence-corrected chi connectivity index (χ0v) is 18.5. The van der Waals surface area contributed by atoms with Gasteiger partial charge in [0.25, 0.3) is 17.4 Å². The minimum Gasteiger partial charge on any atom is -0.361 e. The van der Waals surface area contributed by atoms with E-state index in [1.165, 1.54) is 10.6 Å². The lowest BCUT2D eigenvalue weighted by atomic mass is 10.0. The summed E-state index contributed by atoms with van der Waals surface area (Å²) in [6, 6.07) is 12.2. The van der Waals surface area contributed by atoms with Gasteiger partial charge in [0.2, 0.25) is 0 Å². The lowest BCUT2D eigenvalue weighted by Gasteiger charge is -2.28. The topological polar surface area (TPSA) is 105 Å². The number of amides is 2. The number of pyridine rings is 1. The molecule has 5 rings (SSSR count). The molecule has 33 heavy (non-hydrogen) atoms. The van der Waals surface area contributed by atoms with E-state index >= 15 is 0 Å². The van der Waals surface area contributed by atoms with E-state index < -0.39 is 0 Å². The molecule has 0 atom stereocenters. The van der Waals surface area contributed by atoms with Crippen molar-refractivity contribution in [3.05, 3.63) is 87.2 Å². The third-order valence-electron chi connectivity index (χ3n) is 6.27. The van der Waals surface area contributed by atoms with Crippen LogP contribution in [0.5, 0.6) is 0 Å². The number of carbonyl (C=O) groups excluding carboxylic acids is 2. The van der Waals surface area contributed by atoms with Gasteiger partial charge in [0.15, 0.2) is 0 Å². The minimum atomic E-state index is -0.350. The second-order valence-corrected chi connectivity index (χ2v) is 8.21. The number of aromatic amines is 1. The molecule has 2 amide bonds. The van der Waals surface area contributed by atoms with Crippen LogP contribution in [-0.2, 0) is 33.6 Å². The number of nitrogens with zero attached hydrogens (tertiary/aromatic N) is 4. The van der Waals surface area contributed by atoms with E-state index in [1.54, 1.807) is 19.2 Å². The Kier molecular flexibility index (Phi) is 5.08. The summed E-state index contributed by atoms with van der Waals surface area (Å²) in [5, 5.41) is 8.36. The van der Waals surface area contributed by atoms with Gasteiger partial charge in [-0.1, -0.05) is 12.1 Å². The van der Waals surface area contributed by atoms with Crippen molar-refractivity contribution in [1.82, 2.24) is 29.5 Å². The molecule has 0 saturated heterocycles. The summed E-state index contributed by atoms with van der Waals surface area (Å²) in [6.07, 6.45) is 2.52. The van der Waals surface area contributed by atoms with Crippen LogP contribution in [-0.4, -0.2) is 42.6 Å². The summed E-state index contributed by atoms with van der Waals surface area (Å²) in [6.45, 7) is 1.24. The molecule has 0 unspecified atom stereocenters. The predicted octanol–water partition coefficient (Wildman–Crippen LogP) is 1.73. The number of H-pyrrole nitrogens is 1. The predicted molar refractivity (Wildman–Crippen MR) is 123 cm³/mol. The van der Waals surface area contributed by atoms with E-state index in [-0.39, 0.29) is 29.6 Å². The maximum absolute atomic E-state index is 13.3.